The Kier molecular flexibility index (Phi) is 2.57. The fourth-order valence-corrected chi connectivity index (χ4v) is 3.06. The van der Waals surface area contributed by atoms with Crippen LogP contribution in [0.3, 0.4) is 0 Å². The fraction of sp³-hybridized carbons (Fsp3) is 0. The molecule has 1 N–H and O–H groups in total. The lowest BCUT2D eigenvalue weighted by Gasteiger charge is -1.91. The minimum absolute atomic E-state index is 0.0534. The molecule has 0 bridgehead atoms. The second kappa shape index (κ2) is 4.12. The minimum Gasteiger partial charge on any atom is -0.477 e. The van der Waals surface area contributed by atoms with E-state index in [9.17, 15) is 4.79 Å². The van der Waals surface area contributed by atoms with E-state index in [1.807, 2.05) is 18.2 Å². The van der Waals surface area contributed by atoms with Gasteiger partial charge in [-0.05, 0) is 17.5 Å². The number of hydrogen-bond acceptors (Lipinski definition) is 4. The summed E-state index contributed by atoms with van der Waals surface area (Å²) in [7, 11) is 0. The number of benzene rings is 1. The molecular weight excluding hydrogens is 274 g/mol. The van der Waals surface area contributed by atoms with Gasteiger partial charge in [-0.15, -0.1) is 11.3 Å². The molecular formula is C12H6ClNO3S. The van der Waals surface area contributed by atoms with Crippen LogP contribution in [0.4, 0.5) is 0 Å². The lowest BCUT2D eigenvalue weighted by Crippen LogP contribution is -1.94. The molecule has 0 aliphatic rings. The maximum atomic E-state index is 11.0. The van der Waals surface area contributed by atoms with Crippen LogP contribution in [0, 0.1) is 0 Å². The highest BCUT2D eigenvalue weighted by atomic mass is 35.5. The Hall–Kier alpha value is -1.85. The summed E-state index contributed by atoms with van der Waals surface area (Å²) in [6, 6.07) is 7.40. The average molecular weight is 280 g/mol. The Morgan fingerprint density at radius 3 is 3.00 bits per heavy atom. The number of halogens is 1. The standard InChI is InChI=1S/C12H6ClNO3S/c13-8-3-1-2-6-4-9(18-11(6)8)10-7(12(15)16)5-14-17-10/h1-5H,(H,15,16). The fourth-order valence-electron chi connectivity index (χ4n) is 1.71. The molecule has 0 aliphatic heterocycles. The zero-order valence-electron chi connectivity index (χ0n) is 8.88. The van der Waals surface area contributed by atoms with E-state index >= 15 is 0 Å². The van der Waals surface area contributed by atoms with Crippen LogP contribution in [0.5, 0.6) is 0 Å². The smallest absolute Gasteiger partial charge is 0.341 e. The predicted molar refractivity (Wildman–Crippen MR) is 69.3 cm³/mol. The van der Waals surface area contributed by atoms with E-state index in [-0.39, 0.29) is 11.3 Å². The van der Waals surface area contributed by atoms with E-state index in [0.717, 1.165) is 10.1 Å². The first kappa shape index (κ1) is 11.3. The van der Waals surface area contributed by atoms with Crippen LogP contribution in [0.2, 0.25) is 5.02 Å². The summed E-state index contributed by atoms with van der Waals surface area (Å²) in [5.74, 6) is -0.797. The highest BCUT2D eigenvalue weighted by Crippen LogP contribution is 2.38. The molecule has 3 rings (SSSR count). The van der Waals surface area contributed by atoms with Gasteiger partial charge < -0.3 is 9.63 Å². The van der Waals surface area contributed by atoms with Crippen molar-refractivity contribution in [2.45, 2.75) is 0 Å². The lowest BCUT2D eigenvalue weighted by molar-refractivity contribution is 0.0697. The third-order valence-electron chi connectivity index (χ3n) is 2.52. The summed E-state index contributed by atoms with van der Waals surface area (Å²) < 4.78 is 5.92. The second-order valence-electron chi connectivity index (χ2n) is 3.64. The van der Waals surface area contributed by atoms with Crippen molar-refractivity contribution in [2.24, 2.45) is 0 Å². The van der Waals surface area contributed by atoms with Crippen molar-refractivity contribution in [1.82, 2.24) is 5.16 Å². The van der Waals surface area contributed by atoms with Crippen LogP contribution < -0.4 is 0 Å². The van der Waals surface area contributed by atoms with Gasteiger partial charge >= 0.3 is 5.97 Å². The quantitative estimate of drug-likeness (QED) is 0.772. The van der Waals surface area contributed by atoms with Crippen molar-refractivity contribution in [3.05, 3.63) is 41.0 Å². The molecule has 0 saturated carbocycles. The van der Waals surface area contributed by atoms with Gasteiger partial charge in [0.15, 0.2) is 5.76 Å². The molecule has 4 nitrogen and oxygen atoms in total. The van der Waals surface area contributed by atoms with Gasteiger partial charge in [0.1, 0.15) is 5.56 Å². The first-order valence-corrected chi connectivity index (χ1v) is 6.22. The van der Waals surface area contributed by atoms with Crippen LogP contribution in [0.15, 0.2) is 35.0 Å². The van der Waals surface area contributed by atoms with Gasteiger partial charge in [-0.2, -0.15) is 0 Å². The molecule has 6 heteroatoms. The van der Waals surface area contributed by atoms with Crippen molar-refractivity contribution in [2.75, 3.05) is 0 Å². The number of fused-ring (bicyclic) bond motifs is 1. The molecule has 0 amide bonds. The highest BCUT2D eigenvalue weighted by Gasteiger charge is 2.19. The molecule has 90 valence electrons. The molecule has 3 aromatic rings. The first-order valence-electron chi connectivity index (χ1n) is 5.03. The van der Waals surface area contributed by atoms with Crippen LogP contribution in [0.1, 0.15) is 10.4 Å². The monoisotopic (exact) mass is 279 g/mol. The van der Waals surface area contributed by atoms with Gasteiger partial charge in [0.05, 0.1) is 20.8 Å². The van der Waals surface area contributed by atoms with Gasteiger partial charge in [0.2, 0.25) is 0 Å². The Bertz CT molecular complexity index is 747. The van der Waals surface area contributed by atoms with E-state index in [4.69, 9.17) is 21.2 Å². The van der Waals surface area contributed by atoms with Crippen molar-refractivity contribution in [3.8, 4) is 10.6 Å². The molecule has 0 radical (unpaired) electrons. The van der Waals surface area contributed by atoms with Crippen molar-refractivity contribution in [1.29, 1.82) is 0 Å². The number of aromatic nitrogens is 1. The third kappa shape index (κ3) is 1.68. The molecule has 2 heterocycles. The molecule has 0 fully saturated rings. The predicted octanol–water partition coefficient (Wildman–Crippen LogP) is 3.91. The van der Waals surface area contributed by atoms with E-state index in [2.05, 4.69) is 5.16 Å². The zero-order valence-corrected chi connectivity index (χ0v) is 10.5. The zero-order chi connectivity index (χ0) is 12.7. The van der Waals surface area contributed by atoms with Crippen LogP contribution in [-0.2, 0) is 0 Å². The summed E-state index contributed by atoms with van der Waals surface area (Å²) >= 11 is 7.47. The number of carbonyl (C=O) groups is 1. The molecule has 2 aromatic heterocycles. The Labute approximate surface area is 110 Å². The van der Waals surface area contributed by atoms with E-state index in [1.165, 1.54) is 17.5 Å². The van der Waals surface area contributed by atoms with Gasteiger partial charge in [-0.25, -0.2) is 4.79 Å². The lowest BCUT2D eigenvalue weighted by atomic mass is 10.2. The Morgan fingerprint density at radius 1 is 1.44 bits per heavy atom. The largest absolute Gasteiger partial charge is 0.477 e. The van der Waals surface area contributed by atoms with Gasteiger partial charge in [0, 0.05) is 0 Å². The van der Waals surface area contributed by atoms with Crippen LogP contribution in [0.25, 0.3) is 20.7 Å². The normalized spacial score (nSPS) is 10.9. The van der Waals surface area contributed by atoms with Crippen molar-refractivity contribution in [3.63, 3.8) is 0 Å². The highest BCUT2D eigenvalue weighted by molar-refractivity contribution is 7.22. The maximum Gasteiger partial charge on any atom is 0.341 e. The summed E-state index contributed by atoms with van der Waals surface area (Å²) in [5, 5.41) is 14.1. The molecule has 0 aliphatic carbocycles. The van der Waals surface area contributed by atoms with Crippen molar-refractivity contribution >= 4 is 39.0 Å². The summed E-state index contributed by atoms with van der Waals surface area (Å²) in [6.07, 6.45) is 1.20. The molecule has 0 saturated heterocycles. The second-order valence-corrected chi connectivity index (χ2v) is 5.10. The van der Waals surface area contributed by atoms with Crippen molar-refractivity contribution < 1.29 is 14.4 Å². The number of carboxylic acid groups (broad SMARTS) is 1. The van der Waals surface area contributed by atoms with Gasteiger partial charge in [0.25, 0.3) is 0 Å². The summed E-state index contributed by atoms with van der Waals surface area (Å²) in [6.45, 7) is 0. The van der Waals surface area contributed by atoms with E-state index < -0.39 is 5.97 Å². The Balaban J connectivity index is 2.23. The van der Waals surface area contributed by atoms with Crippen LogP contribution >= 0.6 is 22.9 Å². The first-order chi connectivity index (χ1) is 8.66. The minimum atomic E-state index is -1.06. The molecule has 0 atom stereocenters. The molecule has 18 heavy (non-hydrogen) atoms. The molecule has 0 unspecified atom stereocenters. The summed E-state index contributed by atoms with van der Waals surface area (Å²) in [5.41, 5.74) is 0.0534. The number of aromatic carboxylic acids is 1. The topological polar surface area (TPSA) is 63.3 Å². The number of thiophene rings is 1. The number of hydrogen-bond donors (Lipinski definition) is 1. The van der Waals surface area contributed by atoms with Gasteiger partial charge in [-0.1, -0.05) is 28.9 Å². The SMILES string of the molecule is O=C(O)c1cnoc1-c1cc2cccc(Cl)c2s1. The molecule has 0 spiro atoms. The van der Waals surface area contributed by atoms with Crippen LogP contribution in [-0.4, -0.2) is 16.2 Å². The van der Waals surface area contributed by atoms with E-state index in [1.54, 1.807) is 6.07 Å². The van der Waals surface area contributed by atoms with Gasteiger partial charge in [-0.3, -0.25) is 0 Å². The number of rotatable bonds is 2. The number of nitrogens with zero attached hydrogens (tertiary/aromatic N) is 1. The third-order valence-corrected chi connectivity index (χ3v) is 4.13. The van der Waals surface area contributed by atoms with E-state index in [0.29, 0.717) is 9.90 Å². The summed E-state index contributed by atoms with van der Waals surface area (Å²) in [4.78, 5) is 11.7. The average Bonchev–Trinajstić information content (AvgIpc) is 2.95. The maximum absolute atomic E-state index is 11.0. The Morgan fingerprint density at radius 2 is 2.28 bits per heavy atom. The number of carboxylic acids is 1. The molecule has 1 aromatic carbocycles.